The molecule has 0 fully saturated rings. The maximum atomic E-state index is 12.2. The van der Waals surface area contributed by atoms with Gasteiger partial charge in [0.25, 0.3) is 0 Å². The Morgan fingerprint density at radius 3 is 2.76 bits per heavy atom. The van der Waals surface area contributed by atoms with Crippen LogP contribution in [0.15, 0.2) is 36.5 Å². The number of nitrogens with one attached hydrogen (secondary N) is 1. The predicted octanol–water partition coefficient (Wildman–Crippen LogP) is 1.91. The van der Waals surface area contributed by atoms with E-state index in [1.807, 2.05) is 38.4 Å². The fourth-order valence-corrected chi connectivity index (χ4v) is 2.24. The predicted molar refractivity (Wildman–Crippen MR) is 79.2 cm³/mol. The largest absolute Gasteiger partial charge is 0.350 e. The van der Waals surface area contributed by atoms with Crippen molar-refractivity contribution in [2.75, 3.05) is 0 Å². The highest BCUT2D eigenvalue weighted by atomic mass is 16.1. The Bertz CT molecular complexity index is 655. The zero-order valence-electron chi connectivity index (χ0n) is 12.2. The molecule has 1 heterocycles. The summed E-state index contributed by atoms with van der Waals surface area (Å²) < 4.78 is 1.74. The van der Waals surface area contributed by atoms with Crippen LogP contribution in [-0.2, 0) is 24.8 Å². The molecule has 1 N–H and O–H groups in total. The minimum Gasteiger partial charge on any atom is -0.350 e. The van der Waals surface area contributed by atoms with Gasteiger partial charge >= 0.3 is 0 Å². The topological polar surface area (TPSA) is 70.7 Å². The maximum absolute atomic E-state index is 12.2. The van der Waals surface area contributed by atoms with Crippen LogP contribution < -0.4 is 5.32 Å². The second-order valence-electron chi connectivity index (χ2n) is 4.82. The quantitative estimate of drug-likeness (QED) is 0.910. The van der Waals surface area contributed by atoms with Gasteiger partial charge in [-0.2, -0.15) is 10.4 Å². The lowest BCUT2D eigenvalue weighted by Gasteiger charge is -2.10. The zero-order valence-corrected chi connectivity index (χ0v) is 12.2. The van der Waals surface area contributed by atoms with Gasteiger partial charge in [-0.3, -0.25) is 9.48 Å². The third kappa shape index (κ3) is 3.48. The van der Waals surface area contributed by atoms with E-state index in [1.54, 1.807) is 16.8 Å². The van der Waals surface area contributed by atoms with E-state index in [-0.39, 0.29) is 5.91 Å². The van der Waals surface area contributed by atoms with E-state index < -0.39 is 5.92 Å². The number of benzene rings is 1. The average Bonchev–Trinajstić information content (AvgIpc) is 2.87. The van der Waals surface area contributed by atoms with Crippen molar-refractivity contribution in [3.05, 3.63) is 53.3 Å². The number of hydrogen-bond donors (Lipinski definition) is 1. The number of amides is 1. The van der Waals surface area contributed by atoms with Crippen molar-refractivity contribution < 1.29 is 4.79 Å². The smallest absolute Gasteiger partial charge is 0.242 e. The molecule has 0 saturated carbocycles. The monoisotopic (exact) mass is 282 g/mol. The van der Waals surface area contributed by atoms with Gasteiger partial charge in [-0.05, 0) is 12.0 Å². The zero-order chi connectivity index (χ0) is 15.2. The Balaban J connectivity index is 2.05. The summed E-state index contributed by atoms with van der Waals surface area (Å²) in [6, 6.07) is 11.1. The maximum Gasteiger partial charge on any atom is 0.242 e. The first-order valence-corrected chi connectivity index (χ1v) is 6.89. The van der Waals surface area contributed by atoms with Crippen molar-refractivity contribution in [3.8, 4) is 6.07 Å². The van der Waals surface area contributed by atoms with E-state index in [0.717, 1.165) is 17.7 Å². The van der Waals surface area contributed by atoms with Gasteiger partial charge in [0.15, 0.2) is 0 Å². The normalized spacial score (nSPS) is 11.7. The number of hydrogen-bond acceptors (Lipinski definition) is 3. The first-order valence-electron chi connectivity index (χ1n) is 6.89. The molecule has 108 valence electrons. The van der Waals surface area contributed by atoms with E-state index in [9.17, 15) is 10.1 Å². The van der Waals surface area contributed by atoms with Crippen LogP contribution in [0.3, 0.4) is 0 Å². The molecule has 0 aliphatic rings. The number of aryl methyl sites for hydroxylation is 2. The van der Waals surface area contributed by atoms with Crippen LogP contribution in [0.2, 0.25) is 0 Å². The molecule has 1 aromatic carbocycles. The third-order valence-electron chi connectivity index (χ3n) is 3.30. The highest BCUT2D eigenvalue weighted by molar-refractivity contribution is 5.86. The molecule has 0 saturated heterocycles. The molecule has 1 aromatic heterocycles. The third-order valence-corrected chi connectivity index (χ3v) is 3.30. The molecular weight excluding hydrogens is 264 g/mol. The lowest BCUT2D eigenvalue weighted by atomic mass is 10.00. The van der Waals surface area contributed by atoms with E-state index in [4.69, 9.17) is 0 Å². The van der Waals surface area contributed by atoms with Crippen LogP contribution in [0.5, 0.6) is 0 Å². The number of rotatable bonds is 5. The van der Waals surface area contributed by atoms with Gasteiger partial charge < -0.3 is 5.32 Å². The second kappa shape index (κ2) is 6.71. The summed E-state index contributed by atoms with van der Waals surface area (Å²) in [4.78, 5) is 12.2. The summed E-state index contributed by atoms with van der Waals surface area (Å²) in [5.74, 6) is -1.07. The lowest BCUT2D eigenvalue weighted by molar-refractivity contribution is -0.121. The Morgan fingerprint density at radius 1 is 1.43 bits per heavy atom. The van der Waals surface area contributed by atoms with E-state index >= 15 is 0 Å². The molecule has 0 aliphatic heterocycles. The molecule has 1 unspecified atom stereocenters. The minimum absolute atomic E-state index is 0.283. The average molecular weight is 282 g/mol. The van der Waals surface area contributed by atoms with Crippen LogP contribution in [0.25, 0.3) is 0 Å². The highest BCUT2D eigenvalue weighted by Gasteiger charge is 2.20. The first kappa shape index (κ1) is 14.8. The van der Waals surface area contributed by atoms with Gasteiger partial charge in [-0.1, -0.05) is 37.3 Å². The molecule has 21 heavy (non-hydrogen) atoms. The summed E-state index contributed by atoms with van der Waals surface area (Å²) in [5, 5.41) is 16.4. The summed E-state index contributed by atoms with van der Waals surface area (Å²) >= 11 is 0. The molecule has 0 aliphatic carbocycles. The van der Waals surface area contributed by atoms with Crippen molar-refractivity contribution in [1.82, 2.24) is 15.1 Å². The molecule has 0 bridgehead atoms. The molecule has 0 spiro atoms. The Kier molecular flexibility index (Phi) is 4.72. The van der Waals surface area contributed by atoms with Crippen molar-refractivity contribution in [3.63, 3.8) is 0 Å². The van der Waals surface area contributed by atoms with E-state index in [2.05, 4.69) is 16.5 Å². The van der Waals surface area contributed by atoms with Gasteiger partial charge in [0, 0.05) is 25.4 Å². The van der Waals surface area contributed by atoms with Crippen LogP contribution in [0.1, 0.15) is 29.7 Å². The number of carbonyl (C=O) groups excluding carboxylic acids is 1. The Hall–Kier alpha value is -2.61. The molecule has 1 amide bonds. The highest BCUT2D eigenvalue weighted by Crippen LogP contribution is 2.15. The number of aromatic nitrogens is 2. The Morgan fingerprint density at radius 2 is 2.14 bits per heavy atom. The lowest BCUT2D eigenvalue weighted by Crippen LogP contribution is -2.28. The Labute approximate surface area is 124 Å². The number of carbonyl (C=O) groups is 1. The molecule has 5 heteroatoms. The van der Waals surface area contributed by atoms with Gasteiger partial charge in [-0.25, -0.2) is 0 Å². The SMILES string of the molecule is CCc1nn(C)cc1CNC(=O)C(C#N)c1ccccc1. The first-order chi connectivity index (χ1) is 10.2. The van der Waals surface area contributed by atoms with Crippen LogP contribution in [0, 0.1) is 11.3 Å². The summed E-state index contributed by atoms with van der Waals surface area (Å²) in [7, 11) is 1.85. The van der Waals surface area contributed by atoms with Gasteiger partial charge in [0.1, 0.15) is 5.92 Å². The summed E-state index contributed by atoms with van der Waals surface area (Å²) in [6.45, 7) is 2.41. The van der Waals surface area contributed by atoms with Gasteiger partial charge in [0.05, 0.1) is 11.8 Å². The minimum atomic E-state index is -0.784. The number of nitrogens with zero attached hydrogens (tertiary/aromatic N) is 3. The van der Waals surface area contributed by atoms with E-state index in [0.29, 0.717) is 12.1 Å². The van der Waals surface area contributed by atoms with Crippen molar-refractivity contribution in [2.45, 2.75) is 25.8 Å². The molecule has 1 atom stereocenters. The second-order valence-corrected chi connectivity index (χ2v) is 4.82. The standard InChI is InChI=1S/C16H18N4O/c1-3-15-13(11-20(2)19-15)10-18-16(21)14(9-17)12-7-5-4-6-8-12/h4-8,11,14H,3,10H2,1-2H3,(H,18,21). The summed E-state index contributed by atoms with van der Waals surface area (Å²) in [6.07, 6.45) is 2.70. The van der Waals surface area contributed by atoms with Gasteiger partial charge in [-0.15, -0.1) is 0 Å². The van der Waals surface area contributed by atoms with E-state index in [1.165, 1.54) is 0 Å². The van der Waals surface area contributed by atoms with Crippen LogP contribution in [-0.4, -0.2) is 15.7 Å². The molecule has 5 nitrogen and oxygen atoms in total. The molecule has 0 radical (unpaired) electrons. The van der Waals surface area contributed by atoms with Crippen molar-refractivity contribution >= 4 is 5.91 Å². The van der Waals surface area contributed by atoms with Crippen LogP contribution in [0.4, 0.5) is 0 Å². The van der Waals surface area contributed by atoms with Crippen molar-refractivity contribution in [1.29, 1.82) is 5.26 Å². The fourth-order valence-electron chi connectivity index (χ4n) is 2.24. The fraction of sp³-hybridized carbons (Fsp3) is 0.312. The van der Waals surface area contributed by atoms with Crippen LogP contribution >= 0.6 is 0 Å². The van der Waals surface area contributed by atoms with Gasteiger partial charge in [0.2, 0.25) is 5.91 Å². The molecule has 2 aromatic rings. The molecule has 2 rings (SSSR count). The molecular formula is C16H18N4O. The summed E-state index contributed by atoms with van der Waals surface area (Å²) in [5.41, 5.74) is 2.66. The van der Waals surface area contributed by atoms with Crippen molar-refractivity contribution in [2.24, 2.45) is 7.05 Å². The number of nitriles is 1.